The molecule has 6 heteroatoms. The molecule has 4 nitrogen and oxygen atoms in total. The summed E-state index contributed by atoms with van der Waals surface area (Å²) in [5, 5.41) is 0. The summed E-state index contributed by atoms with van der Waals surface area (Å²) in [7, 11) is 2.92. The van der Waals surface area contributed by atoms with Gasteiger partial charge in [-0.25, -0.2) is 8.78 Å². The van der Waals surface area contributed by atoms with E-state index in [1.54, 1.807) is 0 Å². The highest BCUT2D eigenvalue weighted by Crippen LogP contribution is 2.14. The number of nitrogens with zero attached hydrogens (tertiary/aromatic N) is 1. The molecule has 1 aromatic rings. The molecule has 0 saturated heterocycles. The Morgan fingerprint density at radius 3 is 2.50 bits per heavy atom. The van der Waals surface area contributed by atoms with Crippen LogP contribution in [0.15, 0.2) is 18.2 Å². The molecule has 0 aliphatic rings. The molecular formula is C12H16F2N2O2. The van der Waals surface area contributed by atoms with E-state index in [2.05, 4.69) is 0 Å². The summed E-state index contributed by atoms with van der Waals surface area (Å²) in [6.07, 6.45) is 0. The number of likely N-dealkylation sites (N-methyl/N-ethyl adjacent to an activating group) is 1. The van der Waals surface area contributed by atoms with Gasteiger partial charge in [-0.1, -0.05) is 6.07 Å². The van der Waals surface area contributed by atoms with Crippen LogP contribution in [0.4, 0.5) is 8.78 Å². The van der Waals surface area contributed by atoms with E-state index in [4.69, 9.17) is 10.5 Å². The number of amides is 1. The van der Waals surface area contributed by atoms with Crippen molar-refractivity contribution in [2.45, 2.75) is 6.04 Å². The molecule has 0 saturated carbocycles. The van der Waals surface area contributed by atoms with Gasteiger partial charge in [0.05, 0.1) is 6.61 Å². The van der Waals surface area contributed by atoms with Gasteiger partial charge in [0, 0.05) is 26.7 Å². The van der Waals surface area contributed by atoms with E-state index >= 15 is 0 Å². The molecule has 0 radical (unpaired) electrons. The lowest BCUT2D eigenvalue weighted by atomic mass is 10.1. The molecule has 100 valence electrons. The number of halogens is 2. The van der Waals surface area contributed by atoms with E-state index in [0.717, 1.165) is 12.1 Å². The van der Waals surface area contributed by atoms with Gasteiger partial charge in [-0.3, -0.25) is 4.79 Å². The van der Waals surface area contributed by atoms with Gasteiger partial charge < -0.3 is 15.4 Å². The Labute approximate surface area is 104 Å². The fourth-order valence-electron chi connectivity index (χ4n) is 1.59. The molecule has 1 amide bonds. The molecule has 0 aromatic heterocycles. The quantitative estimate of drug-likeness (QED) is 0.857. The highest BCUT2D eigenvalue weighted by molar-refractivity contribution is 5.94. The number of benzene rings is 1. The lowest BCUT2D eigenvalue weighted by Crippen LogP contribution is -2.41. The van der Waals surface area contributed by atoms with Gasteiger partial charge in [-0.05, 0) is 12.1 Å². The summed E-state index contributed by atoms with van der Waals surface area (Å²) in [6.45, 7) is 0.415. The Bertz CT molecular complexity index is 406. The number of carbonyl (C=O) groups is 1. The standard InChI is InChI=1S/C12H16F2N2O2/c1-16(6-8(15)7-18-2)12(17)11-9(13)4-3-5-10(11)14/h3-5,8H,6-7,15H2,1-2H3. The van der Waals surface area contributed by atoms with Crippen LogP contribution >= 0.6 is 0 Å². The average molecular weight is 258 g/mol. The SMILES string of the molecule is COCC(N)CN(C)C(=O)c1c(F)cccc1F. The van der Waals surface area contributed by atoms with Crippen LogP contribution in [0.2, 0.25) is 0 Å². The second kappa shape index (κ2) is 6.42. The highest BCUT2D eigenvalue weighted by atomic mass is 19.1. The summed E-state index contributed by atoms with van der Waals surface area (Å²) in [5.74, 6) is -2.50. The van der Waals surface area contributed by atoms with Gasteiger partial charge in [0.2, 0.25) is 0 Å². The minimum absolute atomic E-state index is 0.153. The summed E-state index contributed by atoms with van der Waals surface area (Å²) in [4.78, 5) is 13.0. The first-order valence-corrected chi connectivity index (χ1v) is 5.41. The van der Waals surface area contributed by atoms with Gasteiger partial charge in [0.15, 0.2) is 0 Å². The number of ether oxygens (including phenoxy) is 1. The van der Waals surface area contributed by atoms with Crippen LogP contribution in [-0.4, -0.2) is 44.2 Å². The maximum atomic E-state index is 13.4. The molecule has 0 spiro atoms. The molecule has 1 rings (SSSR count). The molecule has 0 aliphatic heterocycles. The monoisotopic (exact) mass is 258 g/mol. The maximum absolute atomic E-state index is 13.4. The van der Waals surface area contributed by atoms with E-state index < -0.39 is 29.1 Å². The molecule has 0 heterocycles. The predicted molar refractivity (Wildman–Crippen MR) is 63.2 cm³/mol. The van der Waals surface area contributed by atoms with Crippen molar-refractivity contribution >= 4 is 5.91 Å². The zero-order valence-corrected chi connectivity index (χ0v) is 10.3. The molecular weight excluding hydrogens is 242 g/mol. The summed E-state index contributed by atoms with van der Waals surface area (Å²) >= 11 is 0. The smallest absolute Gasteiger partial charge is 0.259 e. The number of carbonyl (C=O) groups excluding carboxylic acids is 1. The van der Waals surface area contributed by atoms with E-state index in [0.29, 0.717) is 0 Å². The van der Waals surface area contributed by atoms with Gasteiger partial charge in [-0.2, -0.15) is 0 Å². The largest absolute Gasteiger partial charge is 0.383 e. The third-order valence-electron chi connectivity index (χ3n) is 2.41. The third kappa shape index (κ3) is 3.48. The van der Waals surface area contributed by atoms with Crippen molar-refractivity contribution in [3.05, 3.63) is 35.4 Å². The van der Waals surface area contributed by atoms with Crippen molar-refractivity contribution in [3.8, 4) is 0 Å². The van der Waals surface area contributed by atoms with Crippen LogP contribution in [0.1, 0.15) is 10.4 Å². The van der Waals surface area contributed by atoms with Crippen LogP contribution in [-0.2, 0) is 4.74 Å². The van der Waals surface area contributed by atoms with Crippen molar-refractivity contribution in [3.63, 3.8) is 0 Å². The second-order valence-corrected chi connectivity index (χ2v) is 4.00. The van der Waals surface area contributed by atoms with Crippen LogP contribution in [0.25, 0.3) is 0 Å². The zero-order chi connectivity index (χ0) is 13.7. The predicted octanol–water partition coefficient (Wildman–Crippen LogP) is 1.01. The lowest BCUT2D eigenvalue weighted by molar-refractivity contribution is 0.0755. The van der Waals surface area contributed by atoms with Crippen molar-refractivity contribution < 1.29 is 18.3 Å². The number of methoxy groups -OCH3 is 1. The first kappa shape index (κ1) is 14.5. The van der Waals surface area contributed by atoms with Crippen molar-refractivity contribution in [2.24, 2.45) is 5.73 Å². The van der Waals surface area contributed by atoms with E-state index in [1.807, 2.05) is 0 Å². The Kier molecular flexibility index (Phi) is 5.18. The molecule has 1 aromatic carbocycles. The lowest BCUT2D eigenvalue weighted by Gasteiger charge is -2.21. The molecule has 18 heavy (non-hydrogen) atoms. The summed E-state index contributed by atoms with van der Waals surface area (Å²) in [5.41, 5.74) is 5.11. The molecule has 1 atom stereocenters. The van der Waals surface area contributed by atoms with E-state index in [9.17, 15) is 13.6 Å². The van der Waals surface area contributed by atoms with Crippen LogP contribution in [0.3, 0.4) is 0 Å². The minimum Gasteiger partial charge on any atom is -0.383 e. The Hall–Kier alpha value is -1.53. The van der Waals surface area contributed by atoms with Crippen LogP contribution < -0.4 is 5.73 Å². The topological polar surface area (TPSA) is 55.6 Å². The molecule has 1 unspecified atom stereocenters. The van der Waals surface area contributed by atoms with Gasteiger partial charge in [0.25, 0.3) is 5.91 Å². The van der Waals surface area contributed by atoms with Crippen LogP contribution in [0, 0.1) is 11.6 Å². The number of hydrogen-bond acceptors (Lipinski definition) is 3. The van der Waals surface area contributed by atoms with Gasteiger partial charge >= 0.3 is 0 Å². The third-order valence-corrected chi connectivity index (χ3v) is 2.41. The summed E-state index contributed by atoms with van der Waals surface area (Å²) < 4.78 is 31.6. The molecule has 0 fully saturated rings. The number of rotatable bonds is 5. The maximum Gasteiger partial charge on any atom is 0.259 e. The zero-order valence-electron chi connectivity index (χ0n) is 10.3. The number of nitrogens with two attached hydrogens (primary N) is 1. The Morgan fingerprint density at radius 2 is 2.00 bits per heavy atom. The Morgan fingerprint density at radius 1 is 1.44 bits per heavy atom. The van der Waals surface area contributed by atoms with Crippen molar-refractivity contribution in [1.29, 1.82) is 0 Å². The molecule has 0 aliphatic carbocycles. The van der Waals surface area contributed by atoms with Crippen LogP contribution in [0.5, 0.6) is 0 Å². The first-order valence-electron chi connectivity index (χ1n) is 5.41. The molecule has 2 N–H and O–H groups in total. The minimum atomic E-state index is -0.882. The van der Waals surface area contributed by atoms with Crippen molar-refractivity contribution in [2.75, 3.05) is 27.3 Å². The molecule has 0 bridgehead atoms. The normalized spacial score (nSPS) is 12.3. The highest BCUT2D eigenvalue weighted by Gasteiger charge is 2.21. The fraction of sp³-hybridized carbons (Fsp3) is 0.417. The van der Waals surface area contributed by atoms with Crippen molar-refractivity contribution in [1.82, 2.24) is 4.90 Å². The average Bonchev–Trinajstić information content (AvgIpc) is 2.28. The van der Waals surface area contributed by atoms with E-state index in [1.165, 1.54) is 25.1 Å². The fourth-order valence-corrected chi connectivity index (χ4v) is 1.59. The van der Waals surface area contributed by atoms with E-state index in [-0.39, 0.29) is 13.2 Å². The first-order chi connectivity index (χ1) is 8.47. The summed E-state index contributed by atoms with van der Waals surface area (Å²) in [6, 6.07) is 2.88. The van der Waals surface area contributed by atoms with Gasteiger partial charge in [0.1, 0.15) is 17.2 Å². The van der Waals surface area contributed by atoms with Gasteiger partial charge in [-0.15, -0.1) is 0 Å². The second-order valence-electron chi connectivity index (χ2n) is 4.00. The Balaban J connectivity index is 2.81. The number of hydrogen-bond donors (Lipinski definition) is 1.